The summed E-state index contributed by atoms with van der Waals surface area (Å²) in [6, 6.07) is 10.8. The summed E-state index contributed by atoms with van der Waals surface area (Å²) >= 11 is 0. The Kier molecular flexibility index (Phi) is 4.67. The number of aliphatic hydroxyl groups is 1. The zero-order valence-corrected chi connectivity index (χ0v) is 13.4. The summed E-state index contributed by atoms with van der Waals surface area (Å²) in [5.74, 6) is -1.15. The van der Waals surface area contributed by atoms with Crippen molar-refractivity contribution >= 4 is 17.7 Å². The van der Waals surface area contributed by atoms with E-state index < -0.39 is 24.0 Å². The maximum atomic E-state index is 14.7. The maximum absolute atomic E-state index is 14.7. The van der Waals surface area contributed by atoms with Crippen LogP contribution in [0.25, 0.3) is 11.1 Å². The summed E-state index contributed by atoms with van der Waals surface area (Å²) in [7, 11) is 1.26. The third kappa shape index (κ3) is 3.18. The molecule has 0 spiro atoms. The second-order valence-corrected chi connectivity index (χ2v) is 5.50. The number of methoxy groups -OCH3 is 1. The minimum Gasteiger partial charge on any atom is -0.465 e. The van der Waals surface area contributed by atoms with Crippen LogP contribution in [-0.2, 0) is 9.47 Å². The molecule has 1 saturated heterocycles. The number of amides is 1. The molecule has 1 aliphatic heterocycles. The van der Waals surface area contributed by atoms with Gasteiger partial charge in [-0.3, -0.25) is 4.90 Å². The van der Waals surface area contributed by atoms with Gasteiger partial charge in [-0.2, -0.15) is 0 Å². The van der Waals surface area contributed by atoms with Crippen molar-refractivity contribution in [2.75, 3.05) is 25.2 Å². The van der Waals surface area contributed by atoms with E-state index in [2.05, 4.69) is 0 Å². The molecule has 0 saturated carbocycles. The zero-order chi connectivity index (χ0) is 18.0. The molecule has 2 aromatic carbocycles. The topological polar surface area (TPSA) is 76.1 Å². The van der Waals surface area contributed by atoms with Gasteiger partial charge < -0.3 is 14.6 Å². The molecule has 3 rings (SSSR count). The van der Waals surface area contributed by atoms with Gasteiger partial charge in [0.25, 0.3) is 0 Å². The number of hydrogen-bond donors (Lipinski definition) is 1. The molecule has 1 atom stereocenters. The largest absolute Gasteiger partial charge is 0.465 e. The molecule has 1 heterocycles. The normalized spacial score (nSPS) is 16.7. The quantitative estimate of drug-likeness (QED) is 0.862. The van der Waals surface area contributed by atoms with Crippen molar-refractivity contribution < 1.29 is 28.6 Å². The summed E-state index contributed by atoms with van der Waals surface area (Å²) in [4.78, 5) is 24.9. The van der Waals surface area contributed by atoms with Gasteiger partial charge in [-0.25, -0.2) is 14.0 Å². The lowest BCUT2D eigenvalue weighted by atomic mass is 9.99. The van der Waals surface area contributed by atoms with E-state index in [9.17, 15) is 14.0 Å². The van der Waals surface area contributed by atoms with Crippen LogP contribution in [-0.4, -0.2) is 43.5 Å². The smallest absolute Gasteiger partial charge is 0.414 e. The van der Waals surface area contributed by atoms with Gasteiger partial charge >= 0.3 is 12.1 Å². The minimum absolute atomic E-state index is 0.146. The van der Waals surface area contributed by atoms with Gasteiger partial charge in [-0.15, -0.1) is 0 Å². The van der Waals surface area contributed by atoms with Crippen molar-refractivity contribution in [1.82, 2.24) is 0 Å². The van der Waals surface area contributed by atoms with Crippen LogP contribution in [0, 0.1) is 5.82 Å². The Bertz CT molecular complexity index is 823. The standard InChI is InChI=1S/C18H16FNO5/c1-24-17(22)15-5-3-2-4-13(15)14-7-6-11(8-16(14)19)20-9-12(10-21)25-18(20)23/h2-8,12,21H,9-10H2,1H3/t12-/m1/s1. The number of carbonyl (C=O) groups is 2. The number of halogens is 1. The fraction of sp³-hybridized carbons (Fsp3) is 0.222. The van der Waals surface area contributed by atoms with Gasteiger partial charge in [0.2, 0.25) is 0 Å². The van der Waals surface area contributed by atoms with Gasteiger partial charge in [0.1, 0.15) is 11.9 Å². The average molecular weight is 345 g/mol. The van der Waals surface area contributed by atoms with Gasteiger partial charge in [0, 0.05) is 5.56 Å². The Balaban J connectivity index is 1.97. The van der Waals surface area contributed by atoms with Crippen molar-refractivity contribution in [3.63, 3.8) is 0 Å². The third-order valence-electron chi connectivity index (χ3n) is 3.96. The summed E-state index contributed by atoms with van der Waals surface area (Å²) in [6.07, 6.45) is -1.27. The molecule has 2 aromatic rings. The number of ether oxygens (including phenoxy) is 2. The van der Waals surface area contributed by atoms with Gasteiger partial charge in [0.15, 0.2) is 0 Å². The molecular weight excluding hydrogens is 329 g/mol. The van der Waals surface area contributed by atoms with Crippen molar-refractivity contribution in [2.45, 2.75) is 6.10 Å². The van der Waals surface area contributed by atoms with Crippen LogP contribution in [0.4, 0.5) is 14.9 Å². The summed E-state index contributed by atoms with van der Waals surface area (Å²) in [5, 5.41) is 9.08. The Morgan fingerprint density at radius 2 is 2.08 bits per heavy atom. The van der Waals surface area contributed by atoms with Crippen molar-refractivity contribution in [3.05, 3.63) is 53.8 Å². The second-order valence-electron chi connectivity index (χ2n) is 5.50. The molecule has 7 heteroatoms. The van der Waals surface area contributed by atoms with Crippen LogP contribution >= 0.6 is 0 Å². The molecule has 1 N–H and O–H groups in total. The molecule has 1 aliphatic rings. The molecule has 130 valence electrons. The number of aliphatic hydroxyl groups excluding tert-OH is 1. The number of esters is 1. The second kappa shape index (κ2) is 6.90. The average Bonchev–Trinajstić information content (AvgIpc) is 3.02. The van der Waals surface area contributed by atoms with Crippen LogP contribution in [0.15, 0.2) is 42.5 Å². The van der Waals surface area contributed by atoms with E-state index in [-0.39, 0.29) is 24.3 Å². The highest BCUT2D eigenvalue weighted by molar-refractivity contribution is 5.97. The highest BCUT2D eigenvalue weighted by Gasteiger charge is 2.32. The van der Waals surface area contributed by atoms with Crippen LogP contribution in [0.3, 0.4) is 0 Å². The zero-order valence-electron chi connectivity index (χ0n) is 13.4. The summed E-state index contributed by atoms with van der Waals surface area (Å²) in [5.41, 5.74) is 1.18. The summed E-state index contributed by atoms with van der Waals surface area (Å²) < 4.78 is 24.3. The molecule has 0 bridgehead atoms. The molecule has 0 aliphatic carbocycles. The van der Waals surface area contributed by atoms with Crippen molar-refractivity contribution in [3.8, 4) is 11.1 Å². The van der Waals surface area contributed by atoms with Crippen LogP contribution < -0.4 is 4.90 Å². The Labute approximate surface area is 143 Å². The Hall–Kier alpha value is -2.93. The van der Waals surface area contributed by atoms with E-state index in [0.717, 1.165) is 0 Å². The molecule has 0 aromatic heterocycles. The molecule has 0 radical (unpaired) electrons. The van der Waals surface area contributed by atoms with Gasteiger partial charge in [-0.05, 0) is 29.8 Å². The third-order valence-corrected chi connectivity index (χ3v) is 3.96. The molecular formula is C18H16FNO5. The lowest BCUT2D eigenvalue weighted by Crippen LogP contribution is -2.25. The molecule has 0 unspecified atom stereocenters. The maximum Gasteiger partial charge on any atom is 0.414 e. The number of anilines is 1. The first-order valence-electron chi connectivity index (χ1n) is 7.61. The number of cyclic esters (lactones) is 1. The lowest BCUT2D eigenvalue weighted by molar-refractivity contribution is 0.0601. The van der Waals surface area contributed by atoms with E-state index in [4.69, 9.17) is 14.6 Å². The highest BCUT2D eigenvalue weighted by Crippen LogP contribution is 2.31. The van der Waals surface area contributed by atoms with Crippen molar-refractivity contribution in [1.29, 1.82) is 0 Å². The predicted molar refractivity (Wildman–Crippen MR) is 87.9 cm³/mol. The molecule has 1 fully saturated rings. The van der Waals surface area contributed by atoms with Crippen LogP contribution in [0.5, 0.6) is 0 Å². The van der Waals surface area contributed by atoms with E-state index in [0.29, 0.717) is 11.3 Å². The SMILES string of the molecule is COC(=O)c1ccccc1-c1ccc(N2C[C@H](CO)OC2=O)cc1F. The van der Waals surface area contributed by atoms with E-state index in [1.807, 2.05) is 0 Å². The van der Waals surface area contributed by atoms with Gasteiger partial charge in [-0.1, -0.05) is 18.2 Å². The van der Waals surface area contributed by atoms with E-state index in [1.54, 1.807) is 30.3 Å². The van der Waals surface area contributed by atoms with Gasteiger partial charge in [0.05, 0.1) is 31.5 Å². The highest BCUT2D eigenvalue weighted by atomic mass is 19.1. The van der Waals surface area contributed by atoms with Crippen molar-refractivity contribution in [2.24, 2.45) is 0 Å². The summed E-state index contributed by atoms with van der Waals surface area (Å²) in [6.45, 7) is -0.151. The number of nitrogens with zero attached hydrogens (tertiary/aromatic N) is 1. The minimum atomic E-state index is -0.638. The van der Waals surface area contributed by atoms with Crippen LogP contribution in [0.2, 0.25) is 0 Å². The van der Waals surface area contributed by atoms with E-state index >= 15 is 0 Å². The first kappa shape index (κ1) is 16.9. The first-order chi connectivity index (χ1) is 12.0. The number of benzene rings is 2. The molecule has 1 amide bonds. The van der Waals surface area contributed by atoms with E-state index in [1.165, 1.54) is 24.1 Å². The fourth-order valence-electron chi connectivity index (χ4n) is 2.72. The first-order valence-corrected chi connectivity index (χ1v) is 7.61. The Morgan fingerprint density at radius 3 is 2.72 bits per heavy atom. The number of carbonyl (C=O) groups excluding carboxylic acids is 2. The number of hydrogen-bond acceptors (Lipinski definition) is 5. The predicted octanol–water partition coefficient (Wildman–Crippen LogP) is 2.60. The Morgan fingerprint density at radius 1 is 1.32 bits per heavy atom. The fourth-order valence-corrected chi connectivity index (χ4v) is 2.72. The van der Waals surface area contributed by atoms with Crippen LogP contribution in [0.1, 0.15) is 10.4 Å². The lowest BCUT2D eigenvalue weighted by Gasteiger charge is -2.15. The monoisotopic (exact) mass is 345 g/mol. The molecule has 25 heavy (non-hydrogen) atoms. The molecule has 6 nitrogen and oxygen atoms in total. The number of rotatable bonds is 4.